The van der Waals surface area contributed by atoms with Gasteiger partial charge in [0.05, 0.1) is 4.47 Å². The van der Waals surface area contributed by atoms with Crippen LogP contribution in [0.3, 0.4) is 0 Å². The molecule has 0 radical (unpaired) electrons. The van der Waals surface area contributed by atoms with Gasteiger partial charge in [-0.2, -0.15) is 0 Å². The van der Waals surface area contributed by atoms with E-state index in [2.05, 4.69) is 15.9 Å². The largest absolute Gasteiger partial charge is 0.294 e. The lowest BCUT2D eigenvalue weighted by molar-refractivity contribution is 0.0993. The molecule has 0 saturated heterocycles. The number of carbonyl (C=O) groups excluding carboxylic acids is 1. The van der Waals surface area contributed by atoms with Gasteiger partial charge in [-0.05, 0) is 52.0 Å². The zero-order valence-electron chi connectivity index (χ0n) is 10.3. The Bertz CT molecular complexity index is 596. The van der Waals surface area contributed by atoms with E-state index in [9.17, 15) is 9.18 Å². The van der Waals surface area contributed by atoms with E-state index in [1.807, 2.05) is 30.5 Å². The van der Waals surface area contributed by atoms with Crippen LogP contribution in [0.2, 0.25) is 0 Å². The number of carbonyl (C=O) groups is 1. The molecule has 0 heterocycles. The van der Waals surface area contributed by atoms with Crippen molar-refractivity contribution in [3.05, 3.63) is 63.9 Å². The summed E-state index contributed by atoms with van der Waals surface area (Å²) in [4.78, 5) is 13.2. The van der Waals surface area contributed by atoms with Crippen LogP contribution in [0, 0.1) is 5.82 Å². The van der Waals surface area contributed by atoms with Crippen molar-refractivity contribution in [3.8, 4) is 0 Å². The minimum atomic E-state index is -0.319. The van der Waals surface area contributed by atoms with E-state index in [0.717, 1.165) is 10.5 Å². The Kier molecular flexibility index (Phi) is 4.77. The molecular weight excluding hydrogens is 327 g/mol. The normalized spacial score (nSPS) is 10.5. The highest BCUT2D eigenvalue weighted by atomic mass is 79.9. The van der Waals surface area contributed by atoms with Crippen molar-refractivity contribution < 1.29 is 9.18 Å². The minimum Gasteiger partial charge on any atom is -0.294 e. The first-order valence-corrected chi connectivity index (χ1v) is 7.73. The molecule has 0 saturated carbocycles. The van der Waals surface area contributed by atoms with Gasteiger partial charge in [0.25, 0.3) is 0 Å². The fourth-order valence-electron chi connectivity index (χ4n) is 1.71. The molecule has 0 fully saturated rings. The van der Waals surface area contributed by atoms with E-state index in [1.54, 1.807) is 23.9 Å². The zero-order valence-corrected chi connectivity index (χ0v) is 12.7. The van der Waals surface area contributed by atoms with E-state index < -0.39 is 0 Å². The van der Waals surface area contributed by atoms with Crippen LogP contribution < -0.4 is 0 Å². The molecule has 0 aromatic heterocycles. The molecule has 2 rings (SSSR count). The molecule has 1 nitrogen and oxygen atoms in total. The van der Waals surface area contributed by atoms with Crippen LogP contribution in [0.1, 0.15) is 15.9 Å². The number of hydrogen-bond acceptors (Lipinski definition) is 2. The predicted octanol–water partition coefficient (Wildman–Crippen LogP) is 4.74. The molecule has 0 bridgehead atoms. The maximum Gasteiger partial charge on any atom is 0.167 e. The standard InChI is InChI=1S/C15H12BrFOS/c1-19-12-5-3-11(4-6-12)15(18)9-10-2-7-14(17)13(16)8-10/h2-8H,9H2,1H3. The SMILES string of the molecule is CSc1ccc(C(=O)Cc2ccc(F)c(Br)c2)cc1. The van der Waals surface area contributed by atoms with Crippen LogP contribution in [0.15, 0.2) is 51.8 Å². The number of Topliss-reactive ketones (excluding diaryl/α,β-unsaturated/α-hetero) is 1. The average molecular weight is 339 g/mol. The number of benzene rings is 2. The van der Waals surface area contributed by atoms with Crippen molar-refractivity contribution in [1.82, 2.24) is 0 Å². The van der Waals surface area contributed by atoms with Gasteiger partial charge in [0.15, 0.2) is 5.78 Å². The Morgan fingerprint density at radius 2 is 1.89 bits per heavy atom. The first kappa shape index (κ1) is 14.3. The van der Waals surface area contributed by atoms with Crippen LogP contribution in [0.25, 0.3) is 0 Å². The molecule has 0 amide bonds. The third-order valence-corrected chi connectivity index (χ3v) is 4.11. The maximum absolute atomic E-state index is 13.1. The Hall–Kier alpha value is -1.13. The van der Waals surface area contributed by atoms with Gasteiger partial charge in [-0.3, -0.25) is 4.79 Å². The lowest BCUT2D eigenvalue weighted by Crippen LogP contribution is -2.03. The molecule has 0 N–H and O–H groups in total. The number of rotatable bonds is 4. The second-order valence-corrected chi connectivity index (χ2v) is 5.81. The summed E-state index contributed by atoms with van der Waals surface area (Å²) in [5.74, 6) is -0.285. The van der Waals surface area contributed by atoms with Gasteiger partial charge in [-0.1, -0.05) is 18.2 Å². The van der Waals surface area contributed by atoms with Crippen LogP contribution in [0.4, 0.5) is 4.39 Å². The topological polar surface area (TPSA) is 17.1 Å². The number of thioether (sulfide) groups is 1. The molecule has 0 spiro atoms. The fourth-order valence-corrected chi connectivity index (χ4v) is 2.55. The summed E-state index contributed by atoms with van der Waals surface area (Å²) in [5.41, 5.74) is 1.48. The van der Waals surface area contributed by atoms with Crippen molar-refractivity contribution >= 4 is 33.5 Å². The summed E-state index contributed by atoms with van der Waals surface area (Å²) in [6.45, 7) is 0. The Morgan fingerprint density at radius 1 is 1.21 bits per heavy atom. The molecule has 19 heavy (non-hydrogen) atoms. The van der Waals surface area contributed by atoms with Gasteiger partial charge in [-0.25, -0.2) is 4.39 Å². The smallest absolute Gasteiger partial charge is 0.167 e. The second kappa shape index (κ2) is 6.35. The quantitative estimate of drug-likeness (QED) is 0.591. The van der Waals surface area contributed by atoms with E-state index in [4.69, 9.17) is 0 Å². The van der Waals surface area contributed by atoms with Gasteiger partial charge < -0.3 is 0 Å². The molecule has 2 aromatic carbocycles. The maximum atomic E-state index is 13.1. The number of ketones is 1. The molecule has 0 atom stereocenters. The third kappa shape index (κ3) is 3.67. The lowest BCUT2D eigenvalue weighted by Gasteiger charge is -2.04. The Labute approximate surface area is 124 Å². The highest BCUT2D eigenvalue weighted by molar-refractivity contribution is 9.10. The minimum absolute atomic E-state index is 0.0335. The highest BCUT2D eigenvalue weighted by Gasteiger charge is 2.08. The van der Waals surface area contributed by atoms with Gasteiger partial charge in [-0.15, -0.1) is 11.8 Å². The average Bonchev–Trinajstić information content (AvgIpc) is 2.43. The summed E-state index contributed by atoms with van der Waals surface area (Å²) >= 11 is 4.76. The second-order valence-electron chi connectivity index (χ2n) is 4.08. The van der Waals surface area contributed by atoms with Crippen LogP contribution in [-0.2, 0) is 6.42 Å². The summed E-state index contributed by atoms with van der Waals surface area (Å²) in [5, 5.41) is 0. The molecule has 2 aromatic rings. The van der Waals surface area contributed by atoms with E-state index in [1.165, 1.54) is 6.07 Å². The zero-order chi connectivity index (χ0) is 13.8. The number of hydrogen-bond donors (Lipinski definition) is 0. The van der Waals surface area contributed by atoms with Crippen molar-refractivity contribution in [3.63, 3.8) is 0 Å². The van der Waals surface area contributed by atoms with Gasteiger partial charge >= 0.3 is 0 Å². The van der Waals surface area contributed by atoms with E-state index >= 15 is 0 Å². The molecule has 0 aliphatic rings. The summed E-state index contributed by atoms with van der Waals surface area (Å²) in [7, 11) is 0. The molecule has 98 valence electrons. The van der Waals surface area contributed by atoms with Gasteiger partial charge in [0.2, 0.25) is 0 Å². The number of halogens is 2. The predicted molar refractivity (Wildman–Crippen MR) is 80.4 cm³/mol. The fraction of sp³-hybridized carbons (Fsp3) is 0.133. The lowest BCUT2D eigenvalue weighted by atomic mass is 10.0. The van der Waals surface area contributed by atoms with Crippen LogP contribution in [-0.4, -0.2) is 12.0 Å². The Balaban J connectivity index is 2.13. The summed E-state index contributed by atoms with van der Waals surface area (Å²) in [6, 6.07) is 12.2. The molecule has 0 unspecified atom stereocenters. The van der Waals surface area contributed by atoms with Crippen molar-refractivity contribution in [2.24, 2.45) is 0 Å². The van der Waals surface area contributed by atoms with Crippen molar-refractivity contribution in [2.45, 2.75) is 11.3 Å². The molecule has 0 aliphatic carbocycles. The highest BCUT2D eigenvalue weighted by Crippen LogP contribution is 2.19. The van der Waals surface area contributed by atoms with E-state index in [0.29, 0.717) is 10.0 Å². The molecule has 0 aliphatic heterocycles. The van der Waals surface area contributed by atoms with E-state index in [-0.39, 0.29) is 18.0 Å². The summed E-state index contributed by atoms with van der Waals surface area (Å²) < 4.78 is 13.5. The molecular formula is C15H12BrFOS. The van der Waals surface area contributed by atoms with Crippen LogP contribution >= 0.6 is 27.7 Å². The molecule has 4 heteroatoms. The first-order chi connectivity index (χ1) is 9.10. The van der Waals surface area contributed by atoms with Crippen molar-refractivity contribution in [2.75, 3.05) is 6.26 Å². The van der Waals surface area contributed by atoms with Gasteiger partial charge in [0.1, 0.15) is 5.82 Å². The first-order valence-electron chi connectivity index (χ1n) is 5.71. The van der Waals surface area contributed by atoms with Crippen LogP contribution in [0.5, 0.6) is 0 Å². The monoisotopic (exact) mass is 338 g/mol. The van der Waals surface area contributed by atoms with Gasteiger partial charge in [0, 0.05) is 16.9 Å². The Morgan fingerprint density at radius 3 is 2.47 bits per heavy atom. The third-order valence-electron chi connectivity index (χ3n) is 2.76. The van der Waals surface area contributed by atoms with Crippen molar-refractivity contribution in [1.29, 1.82) is 0 Å². The summed E-state index contributed by atoms with van der Waals surface area (Å²) in [6.07, 6.45) is 2.27.